The molecule has 1 heterocycles. The predicted molar refractivity (Wildman–Crippen MR) is 124 cm³/mol. The number of hydrogen-bond donors (Lipinski definition) is 0. The quantitative estimate of drug-likeness (QED) is 0.450. The molecule has 0 aliphatic carbocycles. The molecule has 0 spiro atoms. The van der Waals surface area contributed by atoms with E-state index in [1.54, 1.807) is 34.9 Å². The van der Waals surface area contributed by atoms with Gasteiger partial charge in [0, 0.05) is 22.9 Å². The molecule has 0 aliphatic rings. The van der Waals surface area contributed by atoms with Crippen LogP contribution in [0.4, 0.5) is 5.13 Å². The molecule has 0 aliphatic heterocycles. The Bertz CT molecular complexity index is 955. The largest absolute Gasteiger partial charge is 0.308 e. The third kappa shape index (κ3) is 4.89. The Morgan fingerprint density at radius 1 is 1.14 bits per heavy atom. The van der Waals surface area contributed by atoms with E-state index >= 15 is 0 Å². The van der Waals surface area contributed by atoms with Gasteiger partial charge in [0.15, 0.2) is 5.13 Å². The van der Waals surface area contributed by atoms with Gasteiger partial charge in [0.2, 0.25) is 0 Å². The van der Waals surface area contributed by atoms with Crippen LogP contribution in [-0.4, -0.2) is 55.0 Å². The van der Waals surface area contributed by atoms with Crippen LogP contribution in [0.25, 0.3) is 10.2 Å². The number of aromatic nitrogens is 1. The van der Waals surface area contributed by atoms with Gasteiger partial charge >= 0.3 is 0 Å². The van der Waals surface area contributed by atoms with Crippen molar-refractivity contribution in [2.45, 2.75) is 16.7 Å². The average Bonchev–Trinajstić information content (AvgIpc) is 3.11. The van der Waals surface area contributed by atoms with Crippen molar-refractivity contribution >= 4 is 56.1 Å². The van der Waals surface area contributed by atoms with Crippen molar-refractivity contribution in [3.8, 4) is 0 Å². The summed E-state index contributed by atoms with van der Waals surface area (Å²) in [7, 11) is 4.04. The molecule has 0 unspecified atom stereocenters. The Kier molecular flexibility index (Phi) is 7.40. The molecule has 2 aromatic carbocycles. The normalized spacial score (nSPS) is 11.3. The molecule has 0 saturated heterocycles. The summed E-state index contributed by atoms with van der Waals surface area (Å²) in [4.78, 5) is 24.4. The van der Waals surface area contributed by atoms with Gasteiger partial charge in [-0.1, -0.05) is 30.4 Å². The standard InChI is InChI=1S/C21H25N3OS3/c1-5-27-18-9-7-6-8-16(18)20(25)24(13-12-23(2)3)21-22-17-11-10-15(26-4)14-19(17)28-21/h6-11,14H,5,12-13H2,1-4H3. The lowest BCUT2D eigenvalue weighted by Crippen LogP contribution is -2.37. The molecule has 0 saturated carbocycles. The molecule has 0 fully saturated rings. The van der Waals surface area contributed by atoms with Gasteiger partial charge in [0.05, 0.1) is 15.8 Å². The number of nitrogens with zero attached hydrogens (tertiary/aromatic N) is 3. The number of anilines is 1. The molecule has 0 atom stereocenters. The van der Waals surface area contributed by atoms with Crippen LogP contribution in [0.5, 0.6) is 0 Å². The van der Waals surface area contributed by atoms with Gasteiger partial charge in [-0.3, -0.25) is 9.69 Å². The summed E-state index contributed by atoms with van der Waals surface area (Å²) in [5.41, 5.74) is 1.69. The molecule has 3 aromatic rings. The summed E-state index contributed by atoms with van der Waals surface area (Å²) in [5, 5.41) is 0.761. The van der Waals surface area contributed by atoms with Crippen molar-refractivity contribution < 1.29 is 4.79 Å². The first-order chi connectivity index (χ1) is 13.5. The van der Waals surface area contributed by atoms with Gasteiger partial charge in [-0.05, 0) is 56.4 Å². The molecular weight excluding hydrogens is 406 g/mol. The lowest BCUT2D eigenvalue weighted by Gasteiger charge is -2.23. The van der Waals surface area contributed by atoms with Crippen LogP contribution in [0.3, 0.4) is 0 Å². The number of carbonyl (C=O) groups excluding carboxylic acids is 1. The Balaban J connectivity index is 2.00. The van der Waals surface area contributed by atoms with Crippen molar-refractivity contribution in [2.24, 2.45) is 0 Å². The molecule has 0 bridgehead atoms. The van der Waals surface area contributed by atoms with E-state index in [1.165, 1.54) is 4.90 Å². The van der Waals surface area contributed by atoms with Crippen LogP contribution in [-0.2, 0) is 0 Å². The Morgan fingerprint density at radius 2 is 1.93 bits per heavy atom. The SMILES string of the molecule is CCSc1ccccc1C(=O)N(CCN(C)C)c1nc2ccc(SC)cc2s1. The van der Waals surface area contributed by atoms with Gasteiger partial charge in [-0.15, -0.1) is 23.5 Å². The summed E-state index contributed by atoms with van der Waals surface area (Å²) < 4.78 is 1.11. The van der Waals surface area contributed by atoms with Gasteiger partial charge in [-0.2, -0.15) is 0 Å². The molecule has 0 radical (unpaired) electrons. The van der Waals surface area contributed by atoms with Crippen LogP contribution < -0.4 is 4.90 Å². The van der Waals surface area contributed by atoms with E-state index < -0.39 is 0 Å². The number of rotatable bonds is 8. The average molecular weight is 432 g/mol. The highest BCUT2D eigenvalue weighted by Crippen LogP contribution is 2.33. The third-order valence-corrected chi connectivity index (χ3v) is 6.97. The lowest BCUT2D eigenvalue weighted by atomic mass is 10.2. The molecule has 28 heavy (non-hydrogen) atoms. The molecule has 1 amide bonds. The highest BCUT2D eigenvalue weighted by molar-refractivity contribution is 7.99. The van der Waals surface area contributed by atoms with Crippen LogP contribution in [0.2, 0.25) is 0 Å². The molecule has 7 heteroatoms. The topological polar surface area (TPSA) is 36.4 Å². The summed E-state index contributed by atoms with van der Waals surface area (Å²) in [5.74, 6) is 0.947. The second kappa shape index (κ2) is 9.78. The van der Waals surface area contributed by atoms with Crippen molar-refractivity contribution in [2.75, 3.05) is 44.1 Å². The second-order valence-electron chi connectivity index (χ2n) is 6.52. The van der Waals surface area contributed by atoms with Gasteiger partial charge < -0.3 is 4.90 Å². The zero-order chi connectivity index (χ0) is 20.1. The van der Waals surface area contributed by atoms with Crippen LogP contribution >= 0.6 is 34.9 Å². The molecule has 4 nitrogen and oxygen atoms in total. The number of fused-ring (bicyclic) bond motifs is 1. The summed E-state index contributed by atoms with van der Waals surface area (Å²) in [6, 6.07) is 14.1. The third-order valence-electron chi connectivity index (χ3n) is 4.25. The first kappa shape index (κ1) is 21.2. The maximum Gasteiger partial charge on any atom is 0.261 e. The Morgan fingerprint density at radius 3 is 2.64 bits per heavy atom. The molecule has 0 N–H and O–H groups in total. The Labute approximate surface area is 179 Å². The number of thioether (sulfide) groups is 2. The minimum atomic E-state index is 0.0162. The highest BCUT2D eigenvalue weighted by Gasteiger charge is 2.23. The predicted octanol–water partition coefficient (Wildman–Crippen LogP) is 5.34. The summed E-state index contributed by atoms with van der Waals surface area (Å²) in [6.45, 7) is 3.49. The van der Waals surface area contributed by atoms with Gasteiger partial charge in [0.25, 0.3) is 5.91 Å². The highest BCUT2D eigenvalue weighted by atomic mass is 32.2. The van der Waals surface area contributed by atoms with E-state index in [1.807, 2.05) is 49.3 Å². The van der Waals surface area contributed by atoms with Gasteiger partial charge in [-0.25, -0.2) is 4.98 Å². The minimum absolute atomic E-state index is 0.0162. The fraction of sp³-hybridized carbons (Fsp3) is 0.333. The second-order valence-corrected chi connectivity index (χ2v) is 9.71. The number of hydrogen-bond acceptors (Lipinski definition) is 6. The molecule has 1 aromatic heterocycles. The van der Waals surface area contributed by atoms with E-state index in [0.29, 0.717) is 6.54 Å². The van der Waals surface area contributed by atoms with E-state index in [0.717, 1.165) is 38.1 Å². The number of benzene rings is 2. The molecule has 148 valence electrons. The monoisotopic (exact) mass is 431 g/mol. The van der Waals surface area contributed by atoms with E-state index in [-0.39, 0.29) is 5.91 Å². The molecular formula is C21H25N3OS3. The first-order valence-electron chi connectivity index (χ1n) is 9.16. The maximum atomic E-state index is 13.5. The number of likely N-dealkylation sites (N-methyl/N-ethyl adjacent to an activating group) is 1. The zero-order valence-corrected chi connectivity index (χ0v) is 19.1. The number of thiazole rings is 1. The van der Waals surface area contributed by atoms with Crippen molar-refractivity contribution in [3.63, 3.8) is 0 Å². The summed E-state index contributed by atoms with van der Waals surface area (Å²) >= 11 is 5.00. The zero-order valence-electron chi connectivity index (χ0n) is 16.6. The van der Waals surface area contributed by atoms with Crippen molar-refractivity contribution in [3.05, 3.63) is 48.0 Å². The Hall–Kier alpha value is -1.54. The minimum Gasteiger partial charge on any atom is -0.308 e. The van der Waals surface area contributed by atoms with Crippen LogP contribution in [0, 0.1) is 0 Å². The number of carbonyl (C=O) groups is 1. The van der Waals surface area contributed by atoms with Gasteiger partial charge in [0.1, 0.15) is 0 Å². The van der Waals surface area contributed by atoms with Crippen LogP contribution in [0.1, 0.15) is 17.3 Å². The van der Waals surface area contributed by atoms with Crippen molar-refractivity contribution in [1.29, 1.82) is 0 Å². The van der Waals surface area contributed by atoms with Crippen molar-refractivity contribution in [1.82, 2.24) is 9.88 Å². The fourth-order valence-corrected chi connectivity index (χ4v) is 5.13. The summed E-state index contributed by atoms with van der Waals surface area (Å²) in [6.07, 6.45) is 2.07. The van der Waals surface area contributed by atoms with E-state index in [2.05, 4.69) is 30.2 Å². The smallest absolute Gasteiger partial charge is 0.261 e. The van der Waals surface area contributed by atoms with E-state index in [9.17, 15) is 4.79 Å². The number of amides is 1. The van der Waals surface area contributed by atoms with E-state index in [4.69, 9.17) is 4.98 Å². The first-order valence-corrected chi connectivity index (χ1v) is 12.2. The molecule has 3 rings (SSSR count). The lowest BCUT2D eigenvalue weighted by molar-refractivity contribution is 0.0982. The maximum absolute atomic E-state index is 13.5. The van der Waals surface area contributed by atoms with Crippen LogP contribution in [0.15, 0.2) is 52.3 Å². The fourth-order valence-electron chi connectivity index (χ4n) is 2.79.